The first-order valence-corrected chi connectivity index (χ1v) is 4.92. The Kier molecular flexibility index (Phi) is 5.98. The van der Waals surface area contributed by atoms with Crippen LogP contribution in [0.5, 0.6) is 0 Å². The first-order valence-electron chi connectivity index (χ1n) is 4.38. The van der Waals surface area contributed by atoms with E-state index >= 15 is 0 Å². The van der Waals surface area contributed by atoms with Gasteiger partial charge in [0.1, 0.15) is 0 Å². The lowest BCUT2D eigenvalue weighted by molar-refractivity contribution is -0.0360. The van der Waals surface area contributed by atoms with Crippen molar-refractivity contribution < 1.29 is 4.74 Å². The fraction of sp³-hybridized carbons (Fsp3) is 1.00. The largest absolute Gasteiger partial charge is 0.375 e. The molecule has 2 heteroatoms. The molecule has 0 aliphatic carbocycles. The first kappa shape index (κ1) is 11.2. The minimum atomic E-state index is 0.0117. The number of ether oxygens (including phenoxy) is 1. The molecule has 0 bridgehead atoms. The van der Waals surface area contributed by atoms with Crippen LogP contribution in [0.1, 0.15) is 40.0 Å². The van der Waals surface area contributed by atoms with Crippen LogP contribution in [-0.4, -0.2) is 18.1 Å². The molecule has 0 aromatic rings. The third-order valence-electron chi connectivity index (χ3n) is 2.03. The fourth-order valence-corrected chi connectivity index (χ4v) is 1.30. The Bertz CT molecular complexity index is 95.6. The second-order valence-corrected chi connectivity index (χ2v) is 3.47. The van der Waals surface area contributed by atoms with E-state index in [2.05, 4.69) is 20.8 Å². The second kappa shape index (κ2) is 5.84. The molecule has 0 radical (unpaired) electrons. The van der Waals surface area contributed by atoms with Crippen LogP contribution in [0, 0.1) is 0 Å². The van der Waals surface area contributed by atoms with Crippen LogP contribution in [0.2, 0.25) is 0 Å². The van der Waals surface area contributed by atoms with Gasteiger partial charge in [-0.05, 0) is 26.2 Å². The smallest absolute Gasteiger partial charge is 0.0663 e. The highest BCUT2D eigenvalue weighted by Gasteiger charge is 2.20. The summed E-state index contributed by atoms with van der Waals surface area (Å²) in [5.41, 5.74) is 0.0117. The molecule has 68 valence electrons. The van der Waals surface area contributed by atoms with E-state index in [1.807, 2.05) is 0 Å². The van der Waals surface area contributed by atoms with Crippen molar-refractivity contribution in [3.8, 4) is 0 Å². The molecule has 0 N–H and O–H groups in total. The molecule has 1 nitrogen and oxygen atoms in total. The molecule has 11 heavy (non-hydrogen) atoms. The SMILES string of the molecule is CCCOC(C)(CC)CCCl. The molecule has 0 spiro atoms. The predicted molar refractivity (Wildman–Crippen MR) is 50.3 cm³/mol. The highest BCUT2D eigenvalue weighted by Crippen LogP contribution is 2.20. The van der Waals surface area contributed by atoms with Gasteiger partial charge in [0.15, 0.2) is 0 Å². The average molecular weight is 179 g/mol. The summed E-state index contributed by atoms with van der Waals surface area (Å²) in [5.74, 6) is 0.689. The van der Waals surface area contributed by atoms with Crippen molar-refractivity contribution in [1.82, 2.24) is 0 Å². The molecule has 0 amide bonds. The number of alkyl halides is 1. The van der Waals surface area contributed by atoms with Gasteiger partial charge in [0.25, 0.3) is 0 Å². The van der Waals surface area contributed by atoms with Crippen molar-refractivity contribution in [3.05, 3.63) is 0 Å². The monoisotopic (exact) mass is 178 g/mol. The van der Waals surface area contributed by atoms with Gasteiger partial charge in [-0.3, -0.25) is 0 Å². The Morgan fingerprint density at radius 1 is 1.36 bits per heavy atom. The van der Waals surface area contributed by atoms with Crippen molar-refractivity contribution >= 4 is 11.6 Å². The van der Waals surface area contributed by atoms with Crippen LogP contribution in [-0.2, 0) is 4.74 Å². The standard InChI is InChI=1S/C9H19ClO/c1-4-8-11-9(3,5-2)6-7-10/h4-8H2,1-3H3. The van der Waals surface area contributed by atoms with E-state index < -0.39 is 0 Å². The van der Waals surface area contributed by atoms with E-state index in [1.165, 1.54) is 0 Å². The van der Waals surface area contributed by atoms with E-state index in [9.17, 15) is 0 Å². The zero-order valence-corrected chi connectivity index (χ0v) is 8.58. The molecule has 0 aromatic heterocycles. The molecule has 0 fully saturated rings. The number of rotatable bonds is 6. The zero-order chi connectivity index (χ0) is 8.74. The van der Waals surface area contributed by atoms with Crippen molar-refractivity contribution in [2.75, 3.05) is 12.5 Å². The van der Waals surface area contributed by atoms with Crippen LogP contribution in [0.25, 0.3) is 0 Å². The average Bonchev–Trinajstić information content (AvgIpc) is 2.02. The zero-order valence-electron chi connectivity index (χ0n) is 7.82. The lowest BCUT2D eigenvalue weighted by Gasteiger charge is -2.27. The predicted octanol–water partition coefficient (Wildman–Crippen LogP) is 3.21. The molecular weight excluding hydrogens is 160 g/mol. The third kappa shape index (κ3) is 4.65. The van der Waals surface area contributed by atoms with Crippen LogP contribution in [0.4, 0.5) is 0 Å². The van der Waals surface area contributed by atoms with E-state index in [4.69, 9.17) is 16.3 Å². The van der Waals surface area contributed by atoms with Crippen molar-refractivity contribution in [1.29, 1.82) is 0 Å². The molecule has 0 rings (SSSR count). The lowest BCUT2D eigenvalue weighted by Crippen LogP contribution is -2.28. The second-order valence-electron chi connectivity index (χ2n) is 3.09. The highest BCUT2D eigenvalue weighted by atomic mass is 35.5. The Morgan fingerprint density at radius 3 is 2.36 bits per heavy atom. The maximum absolute atomic E-state index is 5.68. The highest BCUT2D eigenvalue weighted by molar-refractivity contribution is 6.17. The van der Waals surface area contributed by atoms with Gasteiger partial charge >= 0.3 is 0 Å². The summed E-state index contributed by atoms with van der Waals surface area (Å²) in [4.78, 5) is 0. The normalized spacial score (nSPS) is 16.4. The van der Waals surface area contributed by atoms with Crippen LogP contribution < -0.4 is 0 Å². The fourth-order valence-electron chi connectivity index (χ4n) is 0.899. The Morgan fingerprint density at radius 2 is 2.00 bits per heavy atom. The first-order chi connectivity index (χ1) is 5.18. The molecule has 0 heterocycles. The summed E-state index contributed by atoms with van der Waals surface area (Å²) >= 11 is 5.66. The molecule has 1 atom stereocenters. The molecular formula is C9H19ClO. The summed E-state index contributed by atoms with van der Waals surface area (Å²) < 4.78 is 5.68. The quantitative estimate of drug-likeness (QED) is 0.568. The van der Waals surface area contributed by atoms with E-state index in [0.29, 0.717) is 5.88 Å². The summed E-state index contributed by atoms with van der Waals surface area (Å²) in [5, 5.41) is 0. The van der Waals surface area contributed by atoms with Gasteiger partial charge in [0, 0.05) is 12.5 Å². The van der Waals surface area contributed by atoms with Crippen LogP contribution in [0.3, 0.4) is 0 Å². The van der Waals surface area contributed by atoms with Gasteiger partial charge in [0.2, 0.25) is 0 Å². The van der Waals surface area contributed by atoms with Gasteiger partial charge < -0.3 is 4.74 Å². The topological polar surface area (TPSA) is 9.23 Å². The summed E-state index contributed by atoms with van der Waals surface area (Å²) in [6.45, 7) is 7.24. The van der Waals surface area contributed by atoms with Crippen LogP contribution in [0.15, 0.2) is 0 Å². The maximum atomic E-state index is 5.68. The van der Waals surface area contributed by atoms with Crippen molar-refractivity contribution in [2.24, 2.45) is 0 Å². The Balaban J connectivity index is 3.68. The van der Waals surface area contributed by atoms with E-state index in [1.54, 1.807) is 0 Å². The van der Waals surface area contributed by atoms with E-state index in [0.717, 1.165) is 25.9 Å². The molecule has 0 aliphatic rings. The summed E-state index contributed by atoms with van der Waals surface area (Å²) in [6.07, 6.45) is 3.07. The van der Waals surface area contributed by atoms with Crippen LogP contribution >= 0.6 is 11.6 Å². The van der Waals surface area contributed by atoms with Crippen molar-refractivity contribution in [2.45, 2.75) is 45.6 Å². The number of hydrogen-bond donors (Lipinski definition) is 0. The van der Waals surface area contributed by atoms with Gasteiger partial charge in [-0.2, -0.15) is 0 Å². The molecule has 0 aliphatic heterocycles. The van der Waals surface area contributed by atoms with Gasteiger partial charge in [0.05, 0.1) is 5.60 Å². The number of hydrogen-bond acceptors (Lipinski definition) is 1. The summed E-state index contributed by atoms with van der Waals surface area (Å²) in [7, 11) is 0. The van der Waals surface area contributed by atoms with Gasteiger partial charge in [-0.25, -0.2) is 0 Å². The van der Waals surface area contributed by atoms with Gasteiger partial charge in [-0.15, -0.1) is 11.6 Å². The maximum Gasteiger partial charge on any atom is 0.0663 e. The molecule has 0 saturated heterocycles. The minimum absolute atomic E-state index is 0.0117. The van der Waals surface area contributed by atoms with Crippen molar-refractivity contribution in [3.63, 3.8) is 0 Å². The summed E-state index contributed by atoms with van der Waals surface area (Å²) in [6, 6.07) is 0. The molecule has 0 saturated carbocycles. The van der Waals surface area contributed by atoms with E-state index in [-0.39, 0.29) is 5.60 Å². The Hall–Kier alpha value is 0.250. The third-order valence-corrected chi connectivity index (χ3v) is 2.21. The number of halogens is 1. The molecule has 1 unspecified atom stereocenters. The minimum Gasteiger partial charge on any atom is -0.375 e. The van der Waals surface area contributed by atoms with Gasteiger partial charge in [-0.1, -0.05) is 13.8 Å². The Labute approximate surface area is 75.1 Å². The lowest BCUT2D eigenvalue weighted by atomic mass is 10.0. The molecule has 0 aromatic carbocycles.